The normalized spacial score (nSPS) is 11.3. The molecule has 0 bridgehead atoms. The standard InChI is InChI=1S/C16H27ClN2/c1-13(2)6-9-19(10-7-14(3)4)16-5-8-18-12-15(16)11-17/h5,8,12-14H,6-7,9-11H2,1-4H3. The smallest absolute Gasteiger partial charge is 0.0509 e. The zero-order chi connectivity index (χ0) is 14.3. The molecule has 1 aromatic heterocycles. The van der Waals surface area contributed by atoms with Gasteiger partial charge < -0.3 is 4.90 Å². The quantitative estimate of drug-likeness (QED) is 0.642. The predicted molar refractivity (Wildman–Crippen MR) is 84.9 cm³/mol. The third-order valence-electron chi connectivity index (χ3n) is 3.32. The van der Waals surface area contributed by atoms with E-state index in [1.165, 1.54) is 18.5 Å². The molecule has 108 valence electrons. The van der Waals surface area contributed by atoms with Crippen molar-refractivity contribution in [1.82, 2.24) is 4.98 Å². The van der Waals surface area contributed by atoms with Crippen molar-refractivity contribution in [1.29, 1.82) is 0 Å². The Morgan fingerprint density at radius 3 is 2.16 bits per heavy atom. The predicted octanol–water partition coefficient (Wildman–Crippen LogP) is 4.72. The van der Waals surface area contributed by atoms with Crippen LogP contribution in [0.15, 0.2) is 18.5 Å². The summed E-state index contributed by atoms with van der Waals surface area (Å²) in [6, 6.07) is 2.10. The molecule has 2 nitrogen and oxygen atoms in total. The van der Waals surface area contributed by atoms with E-state index in [9.17, 15) is 0 Å². The van der Waals surface area contributed by atoms with Gasteiger partial charge >= 0.3 is 0 Å². The molecule has 0 amide bonds. The van der Waals surface area contributed by atoms with Crippen LogP contribution in [0, 0.1) is 11.8 Å². The second-order valence-corrected chi connectivity index (χ2v) is 6.26. The molecule has 0 aliphatic carbocycles. The molecule has 0 aromatic carbocycles. The van der Waals surface area contributed by atoms with Crippen LogP contribution < -0.4 is 4.90 Å². The molecule has 1 rings (SSSR count). The summed E-state index contributed by atoms with van der Waals surface area (Å²) in [5.74, 6) is 1.98. The number of rotatable bonds is 8. The van der Waals surface area contributed by atoms with E-state index >= 15 is 0 Å². The summed E-state index contributed by atoms with van der Waals surface area (Å²) >= 11 is 6.03. The van der Waals surface area contributed by atoms with Gasteiger partial charge in [-0.05, 0) is 30.7 Å². The Kier molecular flexibility index (Phi) is 7.22. The average Bonchev–Trinajstić information content (AvgIpc) is 2.38. The molecule has 1 heterocycles. The summed E-state index contributed by atoms with van der Waals surface area (Å²) in [4.78, 5) is 6.65. The number of halogens is 1. The van der Waals surface area contributed by atoms with Gasteiger partial charge in [0.1, 0.15) is 0 Å². The SMILES string of the molecule is CC(C)CCN(CCC(C)C)c1ccncc1CCl. The molecular formula is C16H27ClN2. The summed E-state index contributed by atoms with van der Waals surface area (Å²) in [5, 5.41) is 0. The minimum Gasteiger partial charge on any atom is -0.371 e. The van der Waals surface area contributed by atoms with Crippen molar-refractivity contribution in [3.63, 3.8) is 0 Å². The molecule has 0 saturated carbocycles. The topological polar surface area (TPSA) is 16.1 Å². The van der Waals surface area contributed by atoms with Crippen LogP contribution in [-0.4, -0.2) is 18.1 Å². The highest BCUT2D eigenvalue weighted by Crippen LogP contribution is 2.23. The van der Waals surface area contributed by atoms with Crippen LogP contribution in [-0.2, 0) is 5.88 Å². The van der Waals surface area contributed by atoms with Gasteiger partial charge in [0.25, 0.3) is 0 Å². The molecule has 0 radical (unpaired) electrons. The van der Waals surface area contributed by atoms with E-state index in [2.05, 4.69) is 43.6 Å². The molecule has 0 spiro atoms. The molecule has 0 N–H and O–H groups in total. The molecule has 0 unspecified atom stereocenters. The van der Waals surface area contributed by atoms with Crippen LogP contribution in [0.2, 0.25) is 0 Å². The lowest BCUT2D eigenvalue weighted by molar-refractivity contribution is 0.534. The van der Waals surface area contributed by atoms with Crippen LogP contribution in [0.5, 0.6) is 0 Å². The first kappa shape index (κ1) is 16.3. The highest BCUT2D eigenvalue weighted by Gasteiger charge is 2.12. The lowest BCUT2D eigenvalue weighted by Gasteiger charge is -2.28. The first-order valence-corrected chi connectivity index (χ1v) is 7.81. The number of anilines is 1. The molecule has 1 aromatic rings. The molecule has 3 heteroatoms. The maximum Gasteiger partial charge on any atom is 0.0509 e. The van der Waals surface area contributed by atoms with Crippen LogP contribution in [0.1, 0.15) is 46.1 Å². The van der Waals surface area contributed by atoms with E-state index in [1.54, 1.807) is 0 Å². The van der Waals surface area contributed by atoms with Gasteiger partial charge in [0.2, 0.25) is 0 Å². The van der Waals surface area contributed by atoms with Crippen molar-refractivity contribution in [3.8, 4) is 0 Å². The monoisotopic (exact) mass is 282 g/mol. The molecule has 0 saturated heterocycles. The zero-order valence-electron chi connectivity index (χ0n) is 12.7. The number of pyridine rings is 1. The van der Waals surface area contributed by atoms with Crippen molar-refractivity contribution >= 4 is 17.3 Å². The Balaban J connectivity index is 2.81. The summed E-state index contributed by atoms with van der Waals surface area (Å²) in [5.41, 5.74) is 2.39. The summed E-state index contributed by atoms with van der Waals surface area (Å²) in [6.45, 7) is 11.3. The van der Waals surface area contributed by atoms with E-state index < -0.39 is 0 Å². The average molecular weight is 283 g/mol. The van der Waals surface area contributed by atoms with Gasteiger partial charge in [0.15, 0.2) is 0 Å². The van der Waals surface area contributed by atoms with Gasteiger partial charge in [0, 0.05) is 36.7 Å². The van der Waals surface area contributed by atoms with Gasteiger partial charge in [-0.2, -0.15) is 0 Å². The van der Waals surface area contributed by atoms with Gasteiger partial charge in [0.05, 0.1) is 5.88 Å². The third kappa shape index (κ3) is 5.82. The maximum absolute atomic E-state index is 6.03. The van der Waals surface area contributed by atoms with E-state index in [-0.39, 0.29) is 0 Å². The summed E-state index contributed by atoms with van der Waals surface area (Å²) in [6.07, 6.45) is 6.17. The Morgan fingerprint density at radius 2 is 1.68 bits per heavy atom. The number of hydrogen-bond donors (Lipinski definition) is 0. The molecular weight excluding hydrogens is 256 g/mol. The fourth-order valence-electron chi connectivity index (χ4n) is 2.01. The molecule has 0 aliphatic rings. The lowest BCUT2D eigenvalue weighted by atomic mass is 10.1. The first-order valence-electron chi connectivity index (χ1n) is 7.28. The van der Waals surface area contributed by atoms with Crippen LogP contribution in [0.4, 0.5) is 5.69 Å². The number of nitrogens with zero attached hydrogens (tertiary/aromatic N) is 2. The largest absolute Gasteiger partial charge is 0.371 e. The van der Waals surface area contributed by atoms with Crippen LogP contribution in [0.25, 0.3) is 0 Å². The second kappa shape index (κ2) is 8.42. The summed E-state index contributed by atoms with van der Waals surface area (Å²) < 4.78 is 0. The highest BCUT2D eigenvalue weighted by molar-refractivity contribution is 6.17. The van der Waals surface area contributed by atoms with Gasteiger partial charge in [-0.25, -0.2) is 0 Å². The molecule has 19 heavy (non-hydrogen) atoms. The third-order valence-corrected chi connectivity index (χ3v) is 3.60. The Hall–Kier alpha value is -0.760. The minimum atomic E-state index is 0.531. The van der Waals surface area contributed by atoms with Crippen molar-refractivity contribution in [2.75, 3.05) is 18.0 Å². The highest BCUT2D eigenvalue weighted by atomic mass is 35.5. The van der Waals surface area contributed by atoms with Crippen molar-refractivity contribution in [2.45, 2.75) is 46.4 Å². The number of aromatic nitrogens is 1. The van der Waals surface area contributed by atoms with Crippen molar-refractivity contribution in [2.24, 2.45) is 11.8 Å². The van der Waals surface area contributed by atoms with Crippen LogP contribution >= 0.6 is 11.6 Å². The van der Waals surface area contributed by atoms with Gasteiger partial charge in [-0.15, -0.1) is 11.6 Å². The first-order chi connectivity index (χ1) is 9.04. The van der Waals surface area contributed by atoms with Crippen molar-refractivity contribution < 1.29 is 0 Å². The number of hydrogen-bond acceptors (Lipinski definition) is 2. The Bertz CT molecular complexity index is 352. The minimum absolute atomic E-state index is 0.531. The lowest BCUT2D eigenvalue weighted by Crippen LogP contribution is -2.28. The Morgan fingerprint density at radius 1 is 1.11 bits per heavy atom. The summed E-state index contributed by atoms with van der Waals surface area (Å²) in [7, 11) is 0. The Labute approximate surface area is 123 Å². The van der Waals surface area contributed by atoms with E-state index in [1.807, 2.05) is 12.4 Å². The zero-order valence-corrected chi connectivity index (χ0v) is 13.5. The number of alkyl halides is 1. The fourth-order valence-corrected chi connectivity index (χ4v) is 2.22. The van der Waals surface area contributed by atoms with E-state index in [0.29, 0.717) is 5.88 Å². The van der Waals surface area contributed by atoms with Crippen molar-refractivity contribution in [3.05, 3.63) is 24.0 Å². The fraction of sp³-hybridized carbons (Fsp3) is 0.688. The second-order valence-electron chi connectivity index (χ2n) is 5.99. The molecule has 0 atom stereocenters. The van der Waals surface area contributed by atoms with Gasteiger partial charge in [-0.1, -0.05) is 27.7 Å². The maximum atomic E-state index is 6.03. The molecule has 0 aliphatic heterocycles. The van der Waals surface area contributed by atoms with Crippen LogP contribution in [0.3, 0.4) is 0 Å². The van der Waals surface area contributed by atoms with E-state index in [4.69, 9.17) is 11.6 Å². The van der Waals surface area contributed by atoms with Gasteiger partial charge in [-0.3, -0.25) is 4.98 Å². The van der Waals surface area contributed by atoms with E-state index in [0.717, 1.165) is 30.5 Å². The molecule has 0 fully saturated rings.